The standard InChI is InChI=1S/C16H28N2O2/c1-5-16(6-2)15(20)18(12(4)14(19)17-16)10-13-9-7-8-11(13)3/h11-13H,5-10H2,1-4H3,(H,17,19). The minimum absolute atomic E-state index is 0.000972. The summed E-state index contributed by atoms with van der Waals surface area (Å²) in [5, 5.41) is 2.96. The van der Waals surface area contributed by atoms with Gasteiger partial charge in [-0.1, -0.05) is 33.6 Å². The molecule has 114 valence electrons. The van der Waals surface area contributed by atoms with E-state index in [0.717, 1.165) is 6.54 Å². The molecule has 0 aromatic carbocycles. The molecule has 1 heterocycles. The number of amides is 2. The van der Waals surface area contributed by atoms with Gasteiger partial charge in [0.05, 0.1) is 0 Å². The summed E-state index contributed by atoms with van der Waals surface area (Å²) in [6.07, 6.45) is 5.01. The number of carbonyl (C=O) groups is 2. The van der Waals surface area contributed by atoms with Crippen molar-refractivity contribution >= 4 is 11.8 Å². The highest BCUT2D eigenvalue weighted by Gasteiger charge is 2.48. The number of hydrogen-bond acceptors (Lipinski definition) is 2. The Bertz CT molecular complexity index is 390. The van der Waals surface area contributed by atoms with Gasteiger partial charge in [0.1, 0.15) is 11.6 Å². The maximum Gasteiger partial charge on any atom is 0.248 e. The molecule has 1 aliphatic heterocycles. The molecule has 1 saturated heterocycles. The van der Waals surface area contributed by atoms with Crippen LogP contribution in [0.1, 0.15) is 59.8 Å². The molecule has 0 bridgehead atoms. The monoisotopic (exact) mass is 280 g/mol. The molecular weight excluding hydrogens is 252 g/mol. The summed E-state index contributed by atoms with van der Waals surface area (Å²) in [4.78, 5) is 27.0. The minimum Gasteiger partial charge on any atom is -0.340 e. The van der Waals surface area contributed by atoms with Crippen LogP contribution >= 0.6 is 0 Å². The normalized spacial score (nSPS) is 33.4. The van der Waals surface area contributed by atoms with Crippen LogP contribution in [0.2, 0.25) is 0 Å². The van der Waals surface area contributed by atoms with Crippen molar-refractivity contribution in [1.82, 2.24) is 10.2 Å². The number of piperazine rings is 1. The molecule has 1 saturated carbocycles. The van der Waals surface area contributed by atoms with E-state index in [9.17, 15) is 9.59 Å². The van der Waals surface area contributed by atoms with E-state index < -0.39 is 5.54 Å². The highest BCUT2D eigenvalue weighted by Crippen LogP contribution is 2.34. The van der Waals surface area contributed by atoms with Crippen molar-refractivity contribution in [1.29, 1.82) is 0 Å². The molecule has 3 atom stereocenters. The first-order valence-electron chi connectivity index (χ1n) is 8.08. The molecule has 1 N–H and O–H groups in total. The predicted molar refractivity (Wildman–Crippen MR) is 79.1 cm³/mol. The fraction of sp³-hybridized carbons (Fsp3) is 0.875. The zero-order chi connectivity index (χ0) is 14.9. The molecule has 20 heavy (non-hydrogen) atoms. The van der Waals surface area contributed by atoms with Crippen molar-refractivity contribution in [2.24, 2.45) is 11.8 Å². The smallest absolute Gasteiger partial charge is 0.248 e. The molecular formula is C16H28N2O2. The summed E-state index contributed by atoms with van der Waals surface area (Å²) < 4.78 is 0. The second-order valence-corrected chi connectivity index (χ2v) is 6.58. The summed E-state index contributed by atoms with van der Waals surface area (Å²) in [7, 11) is 0. The van der Waals surface area contributed by atoms with Gasteiger partial charge in [0.15, 0.2) is 0 Å². The lowest BCUT2D eigenvalue weighted by Gasteiger charge is -2.45. The average molecular weight is 280 g/mol. The number of hydrogen-bond donors (Lipinski definition) is 1. The Morgan fingerprint density at radius 2 is 1.85 bits per heavy atom. The summed E-state index contributed by atoms with van der Waals surface area (Å²) in [6, 6.07) is -0.332. The van der Waals surface area contributed by atoms with Crippen LogP contribution in [0.25, 0.3) is 0 Å². The van der Waals surface area contributed by atoms with E-state index in [1.807, 2.05) is 25.7 Å². The van der Waals surface area contributed by atoms with E-state index in [1.165, 1.54) is 19.3 Å². The van der Waals surface area contributed by atoms with Gasteiger partial charge in [-0.3, -0.25) is 9.59 Å². The molecule has 0 aromatic heterocycles. The van der Waals surface area contributed by atoms with E-state index >= 15 is 0 Å². The van der Waals surface area contributed by atoms with Crippen LogP contribution in [0.5, 0.6) is 0 Å². The summed E-state index contributed by atoms with van der Waals surface area (Å²) in [5.41, 5.74) is -0.675. The second kappa shape index (κ2) is 5.74. The van der Waals surface area contributed by atoms with Crippen molar-refractivity contribution in [3.05, 3.63) is 0 Å². The van der Waals surface area contributed by atoms with Crippen molar-refractivity contribution < 1.29 is 9.59 Å². The number of nitrogens with one attached hydrogen (secondary N) is 1. The van der Waals surface area contributed by atoms with E-state index in [-0.39, 0.29) is 17.9 Å². The largest absolute Gasteiger partial charge is 0.340 e. The Morgan fingerprint density at radius 1 is 1.20 bits per heavy atom. The maximum atomic E-state index is 12.9. The summed E-state index contributed by atoms with van der Waals surface area (Å²) in [5.74, 6) is 1.34. The maximum absolute atomic E-state index is 12.9. The summed E-state index contributed by atoms with van der Waals surface area (Å²) in [6.45, 7) is 8.82. The molecule has 1 aliphatic carbocycles. The predicted octanol–water partition coefficient (Wildman–Crippen LogP) is 2.33. The van der Waals surface area contributed by atoms with Crippen molar-refractivity contribution in [2.75, 3.05) is 6.54 Å². The number of carbonyl (C=O) groups excluding carboxylic acids is 2. The van der Waals surface area contributed by atoms with E-state index in [2.05, 4.69) is 12.2 Å². The van der Waals surface area contributed by atoms with E-state index in [4.69, 9.17) is 0 Å². The van der Waals surface area contributed by atoms with Gasteiger partial charge in [0.2, 0.25) is 11.8 Å². The van der Waals surface area contributed by atoms with Crippen LogP contribution in [0, 0.1) is 11.8 Å². The molecule has 2 fully saturated rings. The lowest BCUT2D eigenvalue weighted by atomic mass is 9.86. The van der Waals surface area contributed by atoms with Crippen molar-refractivity contribution in [3.63, 3.8) is 0 Å². The first kappa shape index (κ1) is 15.3. The zero-order valence-corrected chi connectivity index (χ0v) is 13.2. The first-order valence-corrected chi connectivity index (χ1v) is 8.08. The van der Waals surface area contributed by atoms with Gasteiger partial charge in [-0.05, 0) is 38.0 Å². The Kier molecular flexibility index (Phi) is 4.40. The van der Waals surface area contributed by atoms with Crippen molar-refractivity contribution in [2.45, 2.75) is 71.4 Å². The second-order valence-electron chi connectivity index (χ2n) is 6.58. The van der Waals surface area contributed by atoms with Crippen LogP contribution < -0.4 is 5.32 Å². The molecule has 0 aromatic rings. The van der Waals surface area contributed by atoms with Crippen LogP contribution in [0.4, 0.5) is 0 Å². The first-order chi connectivity index (χ1) is 9.45. The fourth-order valence-corrected chi connectivity index (χ4v) is 3.70. The molecule has 3 unspecified atom stereocenters. The molecule has 2 aliphatic rings. The Morgan fingerprint density at radius 3 is 2.35 bits per heavy atom. The molecule has 2 amide bonds. The van der Waals surface area contributed by atoms with E-state index in [1.54, 1.807) is 0 Å². The quantitative estimate of drug-likeness (QED) is 0.859. The molecule has 4 heteroatoms. The van der Waals surface area contributed by atoms with Gasteiger partial charge in [-0.25, -0.2) is 0 Å². The van der Waals surface area contributed by atoms with Gasteiger partial charge in [0.25, 0.3) is 0 Å². The Balaban J connectivity index is 2.20. The minimum atomic E-state index is -0.675. The molecule has 4 nitrogen and oxygen atoms in total. The SMILES string of the molecule is CCC1(CC)NC(=O)C(C)N(CC2CCCC2C)C1=O. The third-order valence-electron chi connectivity index (χ3n) is 5.56. The average Bonchev–Trinajstić information content (AvgIpc) is 2.84. The summed E-state index contributed by atoms with van der Waals surface area (Å²) >= 11 is 0. The van der Waals surface area contributed by atoms with Gasteiger partial charge in [0, 0.05) is 6.54 Å². The van der Waals surface area contributed by atoms with Gasteiger partial charge >= 0.3 is 0 Å². The third-order valence-corrected chi connectivity index (χ3v) is 5.56. The van der Waals surface area contributed by atoms with Crippen LogP contribution in [-0.2, 0) is 9.59 Å². The fourth-order valence-electron chi connectivity index (χ4n) is 3.70. The van der Waals surface area contributed by atoms with Crippen LogP contribution in [-0.4, -0.2) is 34.8 Å². The molecule has 0 radical (unpaired) electrons. The highest BCUT2D eigenvalue weighted by molar-refractivity contribution is 5.99. The number of rotatable bonds is 4. The zero-order valence-electron chi connectivity index (χ0n) is 13.2. The highest BCUT2D eigenvalue weighted by atomic mass is 16.2. The van der Waals surface area contributed by atoms with Gasteiger partial charge in [-0.15, -0.1) is 0 Å². The van der Waals surface area contributed by atoms with Crippen LogP contribution in [0.3, 0.4) is 0 Å². The van der Waals surface area contributed by atoms with Crippen LogP contribution in [0.15, 0.2) is 0 Å². The lowest BCUT2D eigenvalue weighted by molar-refractivity contribution is -0.155. The topological polar surface area (TPSA) is 49.4 Å². The third kappa shape index (κ3) is 2.45. The van der Waals surface area contributed by atoms with E-state index in [0.29, 0.717) is 24.7 Å². The lowest BCUT2D eigenvalue weighted by Crippen LogP contribution is -2.69. The van der Waals surface area contributed by atoms with Gasteiger partial charge in [-0.2, -0.15) is 0 Å². The molecule has 0 spiro atoms. The van der Waals surface area contributed by atoms with Crippen molar-refractivity contribution in [3.8, 4) is 0 Å². The Hall–Kier alpha value is -1.06. The Labute approximate surface area is 122 Å². The number of nitrogens with zero attached hydrogens (tertiary/aromatic N) is 1. The van der Waals surface area contributed by atoms with Gasteiger partial charge < -0.3 is 10.2 Å². The molecule has 2 rings (SSSR count).